The van der Waals surface area contributed by atoms with Crippen LogP contribution in [-0.4, -0.2) is 9.97 Å². The Morgan fingerprint density at radius 2 is 2.12 bits per heavy atom. The molecule has 0 amide bonds. The van der Waals surface area contributed by atoms with E-state index < -0.39 is 0 Å². The molecule has 0 radical (unpaired) electrons. The highest BCUT2D eigenvalue weighted by molar-refractivity contribution is 9.10. The number of nitrogens with zero attached hydrogens (tertiary/aromatic N) is 3. The van der Waals surface area contributed by atoms with Gasteiger partial charge >= 0.3 is 0 Å². The van der Waals surface area contributed by atoms with Crippen LogP contribution in [0.2, 0.25) is 0 Å². The molecule has 0 aliphatic rings. The van der Waals surface area contributed by atoms with Crippen LogP contribution in [0.25, 0.3) is 11.4 Å². The predicted octanol–water partition coefficient (Wildman–Crippen LogP) is 2.92. The smallest absolute Gasteiger partial charge is 0.160 e. The van der Waals surface area contributed by atoms with Crippen molar-refractivity contribution in [3.8, 4) is 17.5 Å². The van der Waals surface area contributed by atoms with E-state index in [9.17, 15) is 4.39 Å². The fourth-order valence-electron chi connectivity index (χ4n) is 1.24. The Morgan fingerprint density at radius 1 is 1.31 bits per heavy atom. The molecule has 78 valence electrons. The Morgan fingerprint density at radius 3 is 2.81 bits per heavy atom. The minimum atomic E-state index is -0.379. The topological polar surface area (TPSA) is 49.6 Å². The molecular formula is C11H5BrFN3. The highest BCUT2D eigenvalue weighted by Gasteiger charge is 2.05. The number of hydrogen-bond donors (Lipinski definition) is 0. The van der Waals surface area contributed by atoms with Crippen molar-refractivity contribution in [1.29, 1.82) is 5.26 Å². The quantitative estimate of drug-likeness (QED) is 0.805. The molecule has 1 aromatic heterocycles. The van der Waals surface area contributed by atoms with Crippen molar-refractivity contribution in [2.45, 2.75) is 0 Å². The van der Waals surface area contributed by atoms with Crippen molar-refractivity contribution in [3.63, 3.8) is 0 Å². The number of benzene rings is 1. The highest BCUT2D eigenvalue weighted by Crippen LogP contribution is 2.21. The third kappa shape index (κ3) is 2.23. The zero-order valence-corrected chi connectivity index (χ0v) is 9.57. The molecule has 0 N–H and O–H groups in total. The molecule has 0 saturated carbocycles. The third-order valence-electron chi connectivity index (χ3n) is 1.89. The molecule has 16 heavy (non-hydrogen) atoms. The van der Waals surface area contributed by atoms with Gasteiger partial charge in [-0.15, -0.1) is 0 Å². The van der Waals surface area contributed by atoms with E-state index in [1.165, 1.54) is 24.4 Å². The number of rotatable bonds is 1. The first-order valence-corrected chi connectivity index (χ1v) is 5.18. The first-order valence-electron chi connectivity index (χ1n) is 4.38. The van der Waals surface area contributed by atoms with Gasteiger partial charge in [-0.25, -0.2) is 14.4 Å². The molecule has 0 fully saturated rings. The predicted molar refractivity (Wildman–Crippen MR) is 59.8 cm³/mol. The summed E-state index contributed by atoms with van der Waals surface area (Å²) < 4.78 is 13.8. The van der Waals surface area contributed by atoms with Crippen molar-refractivity contribution in [3.05, 3.63) is 46.4 Å². The van der Waals surface area contributed by atoms with E-state index in [4.69, 9.17) is 5.26 Å². The van der Waals surface area contributed by atoms with E-state index >= 15 is 0 Å². The van der Waals surface area contributed by atoms with Crippen LogP contribution in [-0.2, 0) is 0 Å². The molecule has 0 saturated heterocycles. The molecule has 1 aromatic carbocycles. The summed E-state index contributed by atoms with van der Waals surface area (Å²) in [6, 6.07) is 7.77. The van der Waals surface area contributed by atoms with Gasteiger partial charge in [-0.3, -0.25) is 0 Å². The molecule has 3 nitrogen and oxygen atoms in total. The van der Waals surface area contributed by atoms with Gasteiger partial charge in [0.25, 0.3) is 0 Å². The van der Waals surface area contributed by atoms with Gasteiger partial charge in [0.15, 0.2) is 5.82 Å². The number of hydrogen-bond acceptors (Lipinski definition) is 3. The highest BCUT2D eigenvalue weighted by atomic mass is 79.9. The van der Waals surface area contributed by atoms with Crippen LogP contribution in [0.4, 0.5) is 4.39 Å². The number of halogens is 2. The van der Waals surface area contributed by atoms with Crippen molar-refractivity contribution in [2.75, 3.05) is 0 Å². The Labute approximate surface area is 99.7 Å². The van der Waals surface area contributed by atoms with Crippen LogP contribution in [0.3, 0.4) is 0 Å². The minimum absolute atomic E-state index is 0.255. The summed E-state index contributed by atoms with van der Waals surface area (Å²) in [6.45, 7) is 0. The number of aromatic nitrogens is 2. The molecule has 2 rings (SSSR count). The Kier molecular flexibility index (Phi) is 2.93. The summed E-state index contributed by atoms with van der Waals surface area (Å²) in [4.78, 5) is 7.97. The summed E-state index contributed by atoms with van der Waals surface area (Å²) >= 11 is 3.19. The van der Waals surface area contributed by atoms with Crippen molar-refractivity contribution in [1.82, 2.24) is 9.97 Å². The van der Waals surface area contributed by atoms with Crippen LogP contribution in [0.5, 0.6) is 0 Å². The SMILES string of the molecule is N#Cc1ccnc(-c2cc(F)cc(Br)c2)n1. The lowest BCUT2D eigenvalue weighted by atomic mass is 10.2. The Hall–Kier alpha value is -1.80. The summed E-state index contributed by atoms with van der Waals surface area (Å²) in [6.07, 6.45) is 1.47. The van der Waals surface area contributed by atoms with Gasteiger partial charge in [-0.2, -0.15) is 5.26 Å². The maximum Gasteiger partial charge on any atom is 0.160 e. The molecule has 0 unspecified atom stereocenters. The standard InChI is InChI=1S/C11H5BrFN3/c12-8-3-7(4-9(13)5-8)11-15-2-1-10(6-14)16-11/h1-5H. The average molecular weight is 278 g/mol. The molecular weight excluding hydrogens is 273 g/mol. The molecule has 2 aromatic rings. The lowest BCUT2D eigenvalue weighted by molar-refractivity contribution is 0.627. The normalized spacial score (nSPS) is 9.81. The fourth-order valence-corrected chi connectivity index (χ4v) is 1.71. The second-order valence-electron chi connectivity index (χ2n) is 3.04. The Balaban J connectivity index is 2.54. The summed E-state index contributed by atoms with van der Waals surface area (Å²) in [5, 5.41) is 8.69. The van der Waals surface area contributed by atoms with E-state index in [-0.39, 0.29) is 11.5 Å². The van der Waals surface area contributed by atoms with Gasteiger partial charge in [0.2, 0.25) is 0 Å². The van der Waals surface area contributed by atoms with E-state index in [1.54, 1.807) is 6.07 Å². The van der Waals surface area contributed by atoms with Crippen LogP contribution >= 0.6 is 15.9 Å². The van der Waals surface area contributed by atoms with Gasteiger partial charge in [0.05, 0.1) is 0 Å². The van der Waals surface area contributed by atoms with Crippen LogP contribution < -0.4 is 0 Å². The van der Waals surface area contributed by atoms with Crippen molar-refractivity contribution in [2.24, 2.45) is 0 Å². The van der Waals surface area contributed by atoms with Crippen LogP contribution in [0, 0.1) is 17.1 Å². The van der Waals surface area contributed by atoms with E-state index in [0.29, 0.717) is 15.9 Å². The lowest BCUT2D eigenvalue weighted by Gasteiger charge is -2.01. The van der Waals surface area contributed by atoms with Crippen LogP contribution in [0.15, 0.2) is 34.9 Å². The summed E-state index contributed by atoms with van der Waals surface area (Å²) in [5.41, 5.74) is 0.786. The molecule has 0 spiro atoms. The molecule has 0 atom stereocenters. The molecule has 1 heterocycles. The van der Waals surface area contributed by atoms with Gasteiger partial charge < -0.3 is 0 Å². The van der Waals surface area contributed by atoms with Gasteiger partial charge in [0.1, 0.15) is 17.6 Å². The monoisotopic (exact) mass is 277 g/mol. The molecule has 0 aliphatic heterocycles. The van der Waals surface area contributed by atoms with E-state index in [1.807, 2.05) is 6.07 Å². The van der Waals surface area contributed by atoms with Gasteiger partial charge in [0, 0.05) is 16.2 Å². The van der Waals surface area contributed by atoms with E-state index in [2.05, 4.69) is 25.9 Å². The second kappa shape index (κ2) is 4.37. The minimum Gasteiger partial charge on any atom is -0.236 e. The largest absolute Gasteiger partial charge is 0.236 e. The van der Waals surface area contributed by atoms with Crippen molar-refractivity contribution >= 4 is 15.9 Å². The molecule has 0 aliphatic carbocycles. The maximum atomic E-state index is 13.1. The molecule has 5 heteroatoms. The maximum absolute atomic E-state index is 13.1. The van der Waals surface area contributed by atoms with Crippen molar-refractivity contribution < 1.29 is 4.39 Å². The fraction of sp³-hybridized carbons (Fsp3) is 0. The zero-order chi connectivity index (χ0) is 11.5. The van der Waals surface area contributed by atoms with Gasteiger partial charge in [-0.1, -0.05) is 15.9 Å². The lowest BCUT2D eigenvalue weighted by Crippen LogP contribution is -1.92. The average Bonchev–Trinajstić information content (AvgIpc) is 2.28. The van der Waals surface area contributed by atoms with Gasteiger partial charge in [-0.05, 0) is 24.3 Å². The molecule has 0 bridgehead atoms. The summed E-state index contributed by atoms with van der Waals surface area (Å²) in [7, 11) is 0. The van der Waals surface area contributed by atoms with E-state index in [0.717, 1.165) is 0 Å². The number of nitriles is 1. The first-order chi connectivity index (χ1) is 7.69. The first kappa shape index (κ1) is 10.7. The van der Waals surface area contributed by atoms with Crippen LogP contribution in [0.1, 0.15) is 5.69 Å². The third-order valence-corrected chi connectivity index (χ3v) is 2.35. The Bertz CT molecular complexity index is 557. The second-order valence-corrected chi connectivity index (χ2v) is 3.95. The zero-order valence-electron chi connectivity index (χ0n) is 7.98. The summed E-state index contributed by atoms with van der Waals surface area (Å²) in [5.74, 6) is -0.0467.